The molecule has 5 nitrogen and oxygen atoms in total. The zero-order chi connectivity index (χ0) is 16.0. The van der Waals surface area contributed by atoms with E-state index in [0.29, 0.717) is 12.8 Å². The number of urea groups is 1. The van der Waals surface area contributed by atoms with E-state index >= 15 is 0 Å². The van der Waals surface area contributed by atoms with Gasteiger partial charge in [0.25, 0.3) is 0 Å². The number of hydrogen-bond acceptors (Lipinski definition) is 2. The van der Waals surface area contributed by atoms with Gasteiger partial charge in [-0.15, -0.1) is 0 Å². The van der Waals surface area contributed by atoms with Crippen LogP contribution in [0.4, 0.5) is 18.0 Å². The molecule has 0 bridgehead atoms. The summed E-state index contributed by atoms with van der Waals surface area (Å²) in [5.74, 6) is -1.04. The van der Waals surface area contributed by atoms with E-state index in [1.165, 1.54) is 6.92 Å². The molecular formula is C12H21F3N2O3. The van der Waals surface area contributed by atoms with E-state index in [2.05, 4.69) is 10.6 Å². The van der Waals surface area contributed by atoms with Gasteiger partial charge in [-0.2, -0.15) is 13.2 Å². The molecule has 0 aromatic carbocycles. The molecule has 0 aromatic rings. The molecule has 8 heteroatoms. The number of aliphatic carboxylic acids is 1. The third-order valence-electron chi connectivity index (χ3n) is 3.31. The maximum atomic E-state index is 12.1. The topological polar surface area (TPSA) is 78.4 Å². The SMILES string of the molecule is CCC(CC)(CNC(=O)NC(C)CC(F)(F)F)C(=O)O. The average Bonchev–Trinajstić information content (AvgIpc) is 2.27. The van der Waals surface area contributed by atoms with Crippen LogP contribution in [0.5, 0.6) is 0 Å². The lowest BCUT2D eigenvalue weighted by molar-refractivity contribution is -0.149. The first kappa shape index (κ1) is 18.5. The van der Waals surface area contributed by atoms with Crippen molar-refractivity contribution >= 4 is 12.0 Å². The first-order chi connectivity index (χ1) is 9.06. The Morgan fingerprint density at radius 3 is 2.05 bits per heavy atom. The van der Waals surface area contributed by atoms with Crippen LogP contribution in [-0.4, -0.2) is 35.9 Å². The molecule has 0 rings (SSSR count). The minimum atomic E-state index is -4.36. The lowest BCUT2D eigenvalue weighted by Crippen LogP contribution is -2.48. The van der Waals surface area contributed by atoms with Crippen LogP contribution in [0, 0.1) is 5.41 Å². The molecule has 0 heterocycles. The van der Waals surface area contributed by atoms with Crippen molar-refractivity contribution in [1.82, 2.24) is 10.6 Å². The van der Waals surface area contributed by atoms with E-state index in [9.17, 15) is 22.8 Å². The van der Waals surface area contributed by atoms with Gasteiger partial charge in [0.1, 0.15) is 0 Å². The number of halogens is 3. The molecule has 0 fully saturated rings. The predicted octanol–water partition coefficient (Wildman–Crippen LogP) is 2.52. The van der Waals surface area contributed by atoms with Gasteiger partial charge < -0.3 is 15.7 Å². The predicted molar refractivity (Wildman–Crippen MR) is 67.3 cm³/mol. The Kier molecular flexibility index (Phi) is 6.81. The molecule has 3 N–H and O–H groups in total. The lowest BCUT2D eigenvalue weighted by Gasteiger charge is -2.27. The molecule has 0 aliphatic rings. The Morgan fingerprint density at radius 1 is 1.20 bits per heavy atom. The first-order valence-corrected chi connectivity index (χ1v) is 6.41. The van der Waals surface area contributed by atoms with Crippen molar-refractivity contribution in [1.29, 1.82) is 0 Å². The molecule has 0 spiro atoms. The van der Waals surface area contributed by atoms with Crippen LogP contribution in [0.15, 0.2) is 0 Å². The van der Waals surface area contributed by atoms with Crippen molar-refractivity contribution < 1.29 is 27.9 Å². The average molecular weight is 298 g/mol. The summed E-state index contributed by atoms with van der Waals surface area (Å²) in [5, 5.41) is 13.6. The van der Waals surface area contributed by atoms with E-state index in [4.69, 9.17) is 5.11 Å². The molecule has 1 atom stereocenters. The molecule has 20 heavy (non-hydrogen) atoms. The van der Waals surface area contributed by atoms with Gasteiger partial charge in [-0.1, -0.05) is 13.8 Å². The number of carbonyl (C=O) groups excluding carboxylic acids is 1. The van der Waals surface area contributed by atoms with Gasteiger partial charge >= 0.3 is 18.2 Å². The lowest BCUT2D eigenvalue weighted by atomic mass is 9.82. The number of rotatable bonds is 7. The smallest absolute Gasteiger partial charge is 0.391 e. The largest absolute Gasteiger partial charge is 0.481 e. The molecule has 1 unspecified atom stereocenters. The summed E-state index contributed by atoms with van der Waals surface area (Å²) in [6.07, 6.45) is -4.86. The van der Waals surface area contributed by atoms with E-state index in [1.54, 1.807) is 13.8 Å². The van der Waals surface area contributed by atoms with Crippen molar-refractivity contribution in [2.75, 3.05) is 6.54 Å². The van der Waals surface area contributed by atoms with Gasteiger partial charge in [0, 0.05) is 12.6 Å². The normalized spacial score (nSPS) is 13.7. The minimum Gasteiger partial charge on any atom is -0.481 e. The quantitative estimate of drug-likeness (QED) is 0.676. The number of amides is 2. The third kappa shape index (κ3) is 6.12. The molecule has 0 radical (unpaired) electrons. The number of carboxylic acid groups (broad SMARTS) is 1. The van der Waals surface area contributed by atoms with Crippen LogP contribution in [0.25, 0.3) is 0 Å². The fraction of sp³-hybridized carbons (Fsp3) is 0.833. The van der Waals surface area contributed by atoms with Crippen LogP contribution in [-0.2, 0) is 4.79 Å². The third-order valence-corrected chi connectivity index (χ3v) is 3.31. The van der Waals surface area contributed by atoms with Gasteiger partial charge in [0.15, 0.2) is 0 Å². The van der Waals surface area contributed by atoms with Crippen molar-refractivity contribution in [2.24, 2.45) is 5.41 Å². The molecule has 118 valence electrons. The summed E-state index contributed by atoms with van der Waals surface area (Å²) >= 11 is 0. The van der Waals surface area contributed by atoms with E-state index < -0.39 is 36.1 Å². The summed E-state index contributed by atoms with van der Waals surface area (Å²) in [4.78, 5) is 22.6. The number of nitrogens with one attached hydrogen (secondary N) is 2. The maximum Gasteiger partial charge on any atom is 0.391 e. The van der Waals surface area contributed by atoms with Gasteiger partial charge in [0.05, 0.1) is 11.8 Å². The Bertz CT molecular complexity index is 341. The molecular weight excluding hydrogens is 277 g/mol. The van der Waals surface area contributed by atoms with E-state index in [1.807, 2.05) is 0 Å². The maximum absolute atomic E-state index is 12.1. The van der Waals surface area contributed by atoms with Gasteiger partial charge in [-0.3, -0.25) is 4.79 Å². The Balaban J connectivity index is 4.38. The van der Waals surface area contributed by atoms with Gasteiger partial charge in [-0.25, -0.2) is 4.79 Å². The van der Waals surface area contributed by atoms with Crippen molar-refractivity contribution in [3.05, 3.63) is 0 Å². The highest BCUT2D eigenvalue weighted by Crippen LogP contribution is 2.25. The second-order valence-corrected chi connectivity index (χ2v) is 4.84. The van der Waals surface area contributed by atoms with Crippen LogP contribution in [0.1, 0.15) is 40.0 Å². The number of alkyl halides is 3. The summed E-state index contributed by atoms with van der Waals surface area (Å²) in [6.45, 7) is 4.48. The van der Waals surface area contributed by atoms with Crippen molar-refractivity contribution in [2.45, 2.75) is 52.3 Å². The molecule has 0 saturated carbocycles. The second-order valence-electron chi connectivity index (χ2n) is 4.84. The van der Waals surface area contributed by atoms with Crippen molar-refractivity contribution in [3.8, 4) is 0 Å². The number of hydrogen-bond donors (Lipinski definition) is 3. The monoisotopic (exact) mass is 298 g/mol. The van der Waals surface area contributed by atoms with Crippen LogP contribution in [0.2, 0.25) is 0 Å². The fourth-order valence-corrected chi connectivity index (χ4v) is 1.80. The zero-order valence-corrected chi connectivity index (χ0v) is 11.8. The Hall–Kier alpha value is -1.47. The fourth-order valence-electron chi connectivity index (χ4n) is 1.80. The van der Waals surface area contributed by atoms with Crippen LogP contribution < -0.4 is 10.6 Å². The molecule has 2 amide bonds. The summed E-state index contributed by atoms with van der Waals surface area (Å²) in [7, 11) is 0. The zero-order valence-electron chi connectivity index (χ0n) is 11.8. The number of carboxylic acids is 1. The first-order valence-electron chi connectivity index (χ1n) is 6.41. The standard InChI is InChI=1S/C12H21F3N2O3/c1-4-11(5-2,9(18)19)7-16-10(20)17-8(3)6-12(13,14)15/h8H,4-7H2,1-3H3,(H,18,19)(H2,16,17,20). The molecule has 0 aliphatic heterocycles. The van der Waals surface area contributed by atoms with Gasteiger partial charge in [0.2, 0.25) is 0 Å². The summed E-state index contributed by atoms with van der Waals surface area (Å²) in [5.41, 5.74) is -1.09. The summed E-state index contributed by atoms with van der Waals surface area (Å²) < 4.78 is 36.3. The van der Waals surface area contributed by atoms with E-state index in [0.717, 1.165) is 0 Å². The highest BCUT2D eigenvalue weighted by molar-refractivity contribution is 5.78. The van der Waals surface area contributed by atoms with E-state index in [-0.39, 0.29) is 6.54 Å². The molecule has 0 aromatic heterocycles. The summed E-state index contributed by atoms with van der Waals surface area (Å²) in [6, 6.07) is -1.87. The molecule has 0 aliphatic carbocycles. The molecule has 0 saturated heterocycles. The van der Waals surface area contributed by atoms with Crippen LogP contribution >= 0.6 is 0 Å². The minimum absolute atomic E-state index is 0.125. The Labute approximate surface area is 115 Å². The second kappa shape index (κ2) is 7.35. The number of carbonyl (C=O) groups is 2. The van der Waals surface area contributed by atoms with Crippen LogP contribution in [0.3, 0.4) is 0 Å². The highest BCUT2D eigenvalue weighted by Gasteiger charge is 2.35. The van der Waals surface area contributed by atoms with Crippen molar-refractivity contribution in [3.63, 3.8) is 0 Å². The van der Waals surface area contributed by atoms with Gasteiger partial charge in [-0.05, 0) is 19.8 Å². The Morgan fingerprint density at radius 2 is 1.70 bits per heavy atom. The highest BCUT2D eigenvalue weighted by atomic mass is 19.4.